The Bertz CT molecular complexity index is 255. The summed E-state index contributed by atoms with van der Waals surface area (Å²) < 4.78 is 5.80. The van der Waals surface area contributed by atoms with Gasteiger partial charge in [-0.25, -0.2) is 0 Å². The van der Waals surface area contributed by atoms with E-state index in [0.29, 0.717) is 4.47 Å². The molecule has 0 saturated heterocycles. The Balaban J connectivity index is 3.19. The molecule has 12 heavy (non-hydrogen) atoms. The molecule has 0 aliphatic carbocycles. The molecule has 0 spiro atoms. The van der Waals surface area contributed by atoms with Crippen LogP contribution in [0.3, 0.4) is 0 Å². The van der Waals surface area contributed by atoms with Gasteiger partial charge in [-0.3, -0.25) is 0 Å². The van der Waals surface area contributed by atoms with Crippen molar-refractivity contribution in [3.63, 3.8) is 0 Å². The number of phenolic OH excluding ortho intramolecular Hbond substituents is 1. The maximum Gasteiger partial charge on any atom is 0.133 e. The van der Waals surface area contributed by atoms with Crippen LogP contribution in [0.1, 0.15) is 12.5 Å². The van der Waals surface area contributed by atoms with Gasteiger partial charge in [0.15, 0.2) is 0 Å². The molecule has 3 heteroatoms. The Morgan fingerprint density at radius 1 is 1.50 bits per heavy atom. The number of halogens is 1. The van der Waals surface area contributed by atoms with Crippen LogP contribution in [0.5, 0.6) is 11.5 Å². The average Bonchev–Trinajstić information content (AvgIpc) is 2.09. The Kier molecular flexibility index (Phi) is 2.98. The molecule has 0 unspecified atom stereocenters. The van der Waals surface area contributed by atoms with Gasteiger partial charge in [0.2, 0.25) is 0 Å². The van der Waals surface area contributed by atoms with E-state index in [4.69, 9.17) is 4.74 Å². The highest BCUT2D eigenvalue weighted by molar-refractivity contribution is 9.10. The molecule has 0 aromatic heterocycles. The van der Waals surface area contributed by atoms with Crippen molar-refractivity contribution in [2.45, 2.75) is 13.3 Å². The van der Waals surface area contributed by atoms with E-state index in [2.05, 4.69) is 15.9 Å². The minimum atomic E-state index is 0.212. The van der Waals surface area contributed by atoms with E-state index in [1.54, 1.807) is 13.2 Å². The first-order valence-corrected chi connectivity index (χ1v) is 4.53. The third-order valence-electron chi connectivity index (χ3n) is 1.73. The molecule has 0 radical (unpaired) electrons. The Hall–Kier alpha value is -0.700. The lowest BCUT2D eigenvalue weighted by atomic mass is 10.1. The highest BCUT2D eigenvalue weighted by Gasteiger charge is 2.05. The number of aryl methyl sites for hydroxylation is 1. The highest BCUT2D eigenvalue weighted by atomic mass is 79.9. The molecule has 0 fully saturated rings. The van der Waals surface area contributed by atoms with Gasteiger partial charge < -0.3 is 9.84 Å². The summed E-state index contributed by atoms with van der Waals surface area (Å²) in [6, 6.07) is 3.48. The molecular formula is C9H11BrO2. The van der Waals surface area contributed by atoms with Gasteiger partial charge in [0, 0.05) is 6.07 Å². The maximum absolute atomic E-state index is 9.32. The van der Waals surface area contributed by atoms with Gasteiger partial charge in [0.05, 0.1) is 11.6 Å². The van der Waals surface area contributed by atoms with Gasteiger partial charge >= 0.3 is 0 Å². The summed E-state index contributed by atoms with van der Waals surface area (Å²) in [6.45, 7) is 2.04. The van der Waals surface area contributed by atoms with Crippen LogP contribution in [0.15, 0.2) is 16.6 Å². The van der Waals surface area contributed by atoms with Gasteiger partial charge in [-0.2, -0.15) is 0 Å². The molecule has 0 aliphatic rings. The summed E-state index contributed by atoms with van der Waals surface area (Å²) in [5.74, 6) is 0.947. The molecule has 1 aromatic rings. The molecular weight excluding hydrogens is 220 g/mol. The van der Waals surface area contributed by atoms with Gasteiger partial charge in [-0.05, 0) is 34.0 Å². The molecule has 1 N–H and O–H groups in total. The second-order valence-corrected chi connectivity index (χ2v) is 3.32. The summed E-state index contributed by atoms with van der Waals surface area (Å²) in [4.78, 5) is 0. The van der Waals surface area contributed by atoms with Crippen LogP contribution >= 0.6 is 15.9 Å². The number of methoxy groups -OCH3 is 1. The van der Waals surface area contributed by atoms with Crippen LogP contribution in [0.25, 0.3) is 0 Å². The normalized spacial score (nSPS) is 9.92. The fraction of sp³-hybridized carbons (Fsp3) is 0.333. The summed E-state index contributed by atoms with van der Waals surface area (Å²) in [7, 11) is 1.60. The van der Waals surface area contributed by atoms with E-state index in [9.17, 15) is 5.11 Å². The van der Waals surface area contributed by atoms with Crippen LogP contribution in [0.2, 0.25) is 0 Å². The van der Waals surface area contributed by atoms with Crippen molar-refractivity contribution in [1.29, 1.82) is 0 Å². The monoisotopic (exact) mass is 230 g/mol. The first kappa shape index (κ1) is 9.39. The molecule has 0 bridgehead atoms. The van der Waals surface area contributed by atoms with Crippen LogP contribution in [-0.4, -0.2) is 12.2 Å². The van der Waals surface area contributed by atoms with Crippen molar-refractivity contribution in [1.82, 2.24) is 0 Å². The molecule has 66 valence electrons. The van der Waals surface area contributed by atoms with Crippen LogP contribution in [0, 0.1) is 0 Å². The van der Waals surface area contributed by atoms with Crippen LogP contribution in [-0.2, 0) is 6.42 Å². The standard InChI is InChI=1S/C9H11BrO2/c1-3-6-4-7(10)8(11)5-9(6)12-2/h4-5,11H,3H2,1-2H3. The van der Waals surface area contributed by atoms with Crippen molar-refractivity contribution in [2.24, 2.45) is 0 Å². The van der Waals surface area contributed by atoms with Crippen molar-refractivity contribution in [3.05, 3.63) is 22.2 Å². The lowest BCUT2D eigenvalue weighted by molar-refractivity contribution is 0.402. The van der Waals surface area contributed by atoms with Gasteiger partial charge in [0.25, 0.3) is 0 Å². The quantitative estimate of drug-likeness (QED) is 0.847. The summed E-state index contributed by atoms with van der Waals surface area (Å²) in [5.41, 5.74) is 1.09. The van der Waals surface area contributed by atoms with Crippen LogP contribution < -0.4 is 4.74 Å². The zero-order valence-electron chi connectivity index (χ0n) is 7.10. The smallest absolute Gasteiger partial charge is 0.133 e. The van der Waals surface area contributed by atoms with Crippen LogP contribution in [0.4, 0.5) is 0 Å². The zero-order chi connectivity index (χ0) is 9.14. The number of hydrogen-bond donors (Lipinski definition) is 1. The average molecular weight is 231 g/mol. The molecule has 0 aliphatic heterocycles. The van der Waals surface area contributed by atoms with Gasteiger partial charge in [-0.1, -0.05) is 6.92 Å². The predicted octanol–water partition coefficient (Wildman–Crippen LogP) is 2.73. The Morgan fingerprint density at radius 2 is 2.17 bits per heavy atom. The van der Waals surface area contributed by atoms with E-state index in [1.165, 1.54) is 0 Å². The zero-order valence-corrected chi connectivity index (χ0v) is 8.68. The number of ether oxygens (including phenoxy) is 1. The SMILES string of the molecule is CCc1cc(Br)c(O)cc1OC. The molecule has 0 amide bonds. The fourth-order valence-electron chi connectivity index (χ4n) is 1.05. The van der Waals surface area contributed by atoms with Gasteiger partial charge in [-0.15, -0.1) is 0 Å². The number of aromatic hydroxyl groups is 1. The summed E-state index contributed by atoms with van der Waals surface area (Å²) >= 11 is 3.24. The lowest BCUT2D eigenvalue weighted by Gasteiger charge is -2.07. The van der Waals surface area contributed by atoms with Gasteiger partial charge in [0.1, 0.15) is 11.5 Å². The molecule has 0 heterocycles. The Labute approximate surface area is 80.3 Å². The summed E-state index contributed by atoms with van der Waals surface area (Å²) in [5, 5.41) is 9.32. The highest BCUT2D eigenvalue weighted by Crippen LogP contribution is 2.31. The second kappa shape index (κ2) is 3.81. The first-order valence-electron chi connectivity index (χ1n) is 3.74. The maximum atomic E-state index is 9.32. The molecule has 1 aromatic carbocycles. The number of rotatable bonds is 2. The number of phenols is 1. The fourth-order valence-corrected chi connectivity index (χ4v) is 1.44. The lowest BCUT2D eigenvalue weighted by Crippen LogP contribution is -1.90. The van der Waals surface area contributed by atoms with E-state index < -0.39 is 0 Å². The number of benzene rings is 1. The van der Waals surface area contributed by atoms with E-state index in [1.807, 2.05) is 13.0 Å². The molecule has 1 rings (SSSR count). The topological polar surface area (TPSA) is 29.5 Å². The first-order chi connectivity index (χ1) is 5.69. The number of hydrogen-bond acceptors (Lipinski definition) is 2. The van der Waals surface area contributed by atoms with E-state index >= 15 is 0 Å². The van der Waals surface area contributed by atoms with Crippen molar-refractivity contribution >= 4 is 15.9 Å². The minimum Gasteiger partial charge on any atom is -0.507 e. The van der Waals surface area contributed by atoms with E-state index in [-0.39, 0.29) is 5.75 Å². The van der Waals surface area contributed by atoms with Crippen molar-refractivity contribution in [2.75, 3.05) is 7.11 Å². The van der Waals surface area contributed by atoms with Crippen molar-refractivity contribution < 1.29 is 9.84 Å². The molecule has 0 atom stereocenters. The third-order valence-corrected chi connectivity index (χ3v) is 2.37. The predicted molar refractivity (Wildman–Crippen MR) is 51.7 cm³/mol. The largest absolute Gasteiger partial charge is 0.507 e. The van der Waals surface area contributed by atoms with E-state index in [0.717, 1.165) is 17.7 Å². The summed E-state index contributed by atoms with van der Waals surface area (Å²) in [6.07, 6.45) is 0.891. The third kappa shape index (κ3) is 1.72. The second-order valence-electron chi connectivity index (χ2n) is 2.47. The van der Waals surface area contributed by atoms with Crippen molar-refractivity contribution in [3.8, 4) is 11.5 Å². The molecule has 0 saturated carbocycles. The minimum absolute atomic E-state index is 0.212. The molecule has 2 nitrogen and oxygen atoms in total. The Morgan fingerprint density at radius 3 is 2.67 bits per heavy atom.